The molecule has 0 bridgehead atoms. The minimum absolute atomic E-state index is 0.164. The van der Waals surface area contributed by atoms with Crippen molar-refractivity contribution < 1.29 is 9.21 Å². The number of carbonyl (C=O) groups is 1. The summed E-state index contributed by atoms with van der Waals surface area (Å²) in [6.45, 7) is 6.29. The first kappa shape index (κ1) is 21.5. The number of carbonyl (C=O) groups excluding carboxylic acids is 1. The van der Waals surface area contributed by atoms with Crippen LogP contribution in [0.4, 0.5) is 5.82 Å². The fraction of sp³-hybridized carbons (Fsp3) is 0.208. The highest BCUT2D eigenvalue weighted by Crippen LogP contribution is 2.28. The number of nitrogens with one attached hydrogen (secondary N) is 1. The zero-order valence-corrected chi connectivity index (χ0v) is 18.9. The minimum atomic E-state index is -0.205. The molecule has 3 aromatic heterocycles. The molecule has 4 rings (SSSR count). The fourth-order valence-electron chi connectivity index (χ4n) is 3.60. The van der Waals surface area contributed by atoms with Crippen molar-refractivity contribution in [2.24, 2.45) is 0 Å². The third kappa shape index (κ3) is 4.20. The van der Waals surface area contributed by atoms with Crippen molar-refractivity contribution in [3.63, 3.8) is 0 Å². The summed E-state index contributed by atoms with van der Waals surface area (Å²) in [6.07, 6.45) is 5.22. The molecule has 7 nitrogen and oxygen atoms in total. The maximum absolute atomic E-state index is 12.9. The molecule has 4 aromatic rings. The first-order valence-electron chi connectivity index (χ1n) is 10.1. The number of hydrogen-bond donors (Lipinski definition) is 1. The van der Waals surface area contributed by atoms with Crippen LogP contribution in [0.2, 0.25) is 0 Å². The third-order valence-electron chi connectivity index (χ3n) is 5.41. The topological polar surface area (TPSA) is 88.8 Å². The second-order valence-electron chi connectivity index (χ2n) is 7.41. The van der Waals surface area contributed by atoms with E-state index < -0.39 is 0 Å². The molecule has 0 saturated carbocycles. The Morgan fingerprint density at radius 1 is 1.22 bits per heavy atom. The molecular formula is C24H23N5O2S. The Bertz CT molecular complexity index is 1290. The SMILES string of the molecule is Cc1ccccc1-n1ccnc1SCC(=O)Nc1c(C#N)c(C)c(C)n1Cc1ccco1. The van der Waals surface area contributed by atoms with Gasteiger partial charge in [-0.25, -0.2) is 4.98 Å². The Labute approximate surface area is 190 Å². The smallest absolute Gasteiger partial charge is 0.235 e. The quantitative estimate of drug-likeness (QED) is 0.411. The summed E-state index contributed by atoms with van der Waals surface area (Å²) < 4.78 is 9.35. The van der Waals surface area contributed by atoms with E-state index in [0.29, 0.717) is 17.9 Å². The summed E-state index contributed by atoms with van der Waals surface area (Å²) in [7, 11) is 0. The second kappa shape index (κ2) is 9.20. The van der Waals surface area contributed by atoms with E-state index in [1.807, 2.05) is 72.5 Å². The van der Waals surface area contributed by atoms with Crippen LogP contribution in [-0.4, -0.2) is 25.8 Å². The van der Waals surface area contributed by atoms with Crippen molar-refractivity contribution in [3.8, 4) is 11.8 Å². The van der Waals surface area contributed by atoms with E-state index in [4.69, 9.17) is 4.42 Å². The molecule has 0 aliphatic rings. The van der Waals surface area contributed by atoms with Gasteiger partial charge in [0.2, 0.25) is 5.91 Å². The number of benzene rings is 1. The van der Waals surface area contributed by atoms with Gasteiger partial charge in [-0.15, -0.1) is 0 Å². The van der Waals surface area contributed by atoms with Gasteiger partial charge in [-0.2, -0.15) is 5.26 Å². The van der Waals surface area contributed by atoms with Crippen LogP contribution in [0.25, 0.3) is 5.69 Å². The van der Waals surface area contributed by atoms with Crippen LogP contribution in [0.15, 0.2) is 64.6 Å². The molecule has 0 aliphatic carbocycles. The van der Waals surface area contributed by atoms with Gasteiger partial charge in [-0.05, 0) is 50.1 Å². The lowest BCUT2D eigenvalue weighted by molar-refractivity contribution is -0.113. The summed E-state index contributed by atoms with van der Waals surface area (Å²) in [4.78, 5) is 17.3. The zero-order chi connectivity index (χ0) is 22.7. The van der Waals surface area contributed by atoms with Gasteiger partial charge in [-0.1, -0.05) is 30.0 Å². The molecule has 0 spiro atoms. The lowest BCUT2D eigenvalue weighted by Crippen LogP contribution is -2.18. The van der Waals surface area contributed by atoms with Gasteiger partial charge >= 0.3 is 0 Å². The van der Waals surface area contributed by atoms with Crippen molar-refractivity contribution in [2.75, 3.05) is 11.1 Å². The van der Waals surface area contributed by atoms with E-state index in [0.717, 1.165) is 33.4 Å². The van der Waals surface area contributed by atoms with Gasteiger partial charge in [0.1, 0.15) is 17.6 Å². The summed E-state index contributed by atoms with van der Waals surface area (Å²) in [6, 6.07) is 13.9. The predicted octanol–water partition coefficient (Wildman–Crippen LogP) is 4.84. The predicted molar refractivity (Wildman–Crippen MR) is 124 cm³/mol. The second-order valence-corrected chi connectivity index (χ2v) is 8.36. The minimum Gasteiger partial charge on any atom is -0.467 e. The molecule has 0 atom stereocenters. The van der Waals surface area contributed by atoms with E-state index in [2.05, 4.69) is 16.4 Å². The third-order valence-corrected chi connectivity index (χ3v) is 6.37. The molecule has 0 saturated heterocycles. The molecule has 1 aromatic carbocycles. The monoisotopic (exact) mass is 445 g/mol. The van der Waals surface area contributed by atoms with Crippen LogP contribution in [0.3, 0.4) is 0 Å². The van der Waals surface area contributed by atoms with E-state index >= 15 is 0 Å². The van der Waals surface area contributed by atoms with Crippen LogP contribution in [-0.2, 0) is 11.3 Å². The van der Waals surface area contributed by atoms with E-state index in [1.54, 1.807) is 12.5 Å². The molecule has 3 heterocycles. The van der Waals surface area contributed by atoms with Crippen molar-refractivity contribution in [2.45, 2.75) is 32.5 Å². The summed E-state index contributed by atoms with van der Waals surface area (Å²) >= 11 is 1.35. The molecule has 1 amide bonds. The summed E-state index contributed by atoms with van der Waals surface area (Å²) in [5.74, 6) is 1.20. The van der Waals surface area contributed by atoms with E-state index in [-0.39, 0.29) is 11.7 Å². The highest BCUT2D eigenvalue weighted by Gasteiger charge is 2.21. The van der Waals surface area contributed by atoms with Crippen LogP contribution in [0, 0.1) is 32.1 Å². The molecule has 1 N–H and O–H groups in total. The first-order valence-corrected chi connectivity index (χ1v) is 11.1. The highest BCUT2D eigenvalue weighted by molar-refractivity contribution is 7.99. The number of thioether (sulfide) groups is 1. The number of hydrogen-bond acceptors (Lipinski definition) is 5. The van der Waals surface area contributed by atoms with Crippen molar-refractivity contribution in [1.82, 2.24) is 14.1 Å². The lowest BCUT2D eigenvalue weighted by Gasteiger charge is -2.12. The van der Waals surface area contributed by atoms with Gasteiger partial charge in [0.05, 0.1) is 29.8 Å². The van der Waals surface area contributed by atoms with Gasteiger partial charge in [0.25, 0.3) is 0 Å². The lowest BCUT2D eigenvalue weighted by atomic mass is 10.2. The largest absolute Gasteiger partial charge is 0.467 e. The van der Waals surface area contributed by atoms with Crippen LogP contribution >= 0.6 is 11.8 Å². The van der Waals surface area contributed by atoms with Crippen molar-refractivity contribution in [3.05, 3.63) is 83.2 Å². The maximum Gasteiger partial charge on any atom is 0.235 e. The Morgan fingerprint density at radius 2 is 2.03 bits per heavy atom. The average Bonchev–Trinajstić information content (AvgIpc) is 3.51. The number of anilines is 1. The number of amides is 1. The van der Waals surface area contributed by atoms with E-state index in [9.17, 15) is 10.1 Å². The molecule has 162 valence electrons. The number of aromatic nitrogens is 3. The molecule has 0 unspecified atom stereocenters. The van der Waals surface area contributed by atoms with Crippen LogP contribution in [0.5, 0.6) is 0 Å². The molecule has 0 fully saturated rings. The summed E-state index contributed by atoms with van der Waals surface area (Å²) in [5.41, 5.74) is 4.37. The van der Waals surface area contributed by atoms with Crippen molar-refractivity contribution in [1.29, 1.82) is 5.26 Å². The maximum atomic E-state index is 12.9. The van der Waals surface area contributed by atoms with Crippen LogP contribution < -0.4 is 5.32 Å². The summed E-state index contributed by atoms with van der Waals surface area (Å²) in [5, 5.41) is 13.4. The molecular weight excluding hydrogens is 422 g/mol. The number of furan rings is 1. The Balaban J connectivity index is 1.52. The van der Waals surface area contributed by atoms with Gasteiger partial charge in [0, 0.05) is 18.1 Å². The Hall–Kier alpha value is -3.70. The Kier molecular flexibility index (Phi) is 6.19. The van der Waals surface area contributed by atoms with Gasteiger partial charge < -0.3 is 14.3 Å². The highest BCUT2D eigenvalue weighted by atomic mass is 32.2. The fourth-order valence-corrected chi connectivity index (χ4v) is 4.36. The molecule has 32 heavy (non-hydrogen) atoms. The van der Waals surface area contributed by atoms with Crippen LogP contribution in [0.1, 0.15) is 28.1 Å². The van der Waals surface area contributed by atoms with Crippen molar-refractivity contribution >= 4 is 23.5 Å². The van der Waals surface area contributed by atoms with E-state index in [1.165, 1.54) is 11.8 Å². The molecule has 0 aliphatic heterocycles. The number of nitrogens with zero attached hydrogens (tertiary/aromatic N) is 4. The number of rotatable bonds is 7. The first-order chi connectivity index (χ1) is 15.5. The van der Waals surface area contributed by atoms with Gasteiger partial charge in [0.15, 0.2) is 5.16 Å². The standard InChI is InChI=1S/C24H23N5O2S/c1-16-7-4-5-9-21(16)28-11-10-26-24(28)32-15-22(30)27-23-20(13-25)17(2)18(3)29(23)14-19-8-6-12-31-19/h4-12H,14-15H2,1-3H3,(H,27,30). The number of aryl methyl sites for hydroxylation is 1. The zero-order valence-electron chi connectivity index (χ0n) is 18.1. The molecule has 0 radical (unpaired) electrons. The number of nitriles is 1. The number of para-hydroxylation sites is 1. The molecule has 8 heteroatoms. The Morgan fingerprint density at radius 3 is 2.75 bits per heavy atom. The average molecular weight is 446 g/mol. The van der Waals surface area contributed by atoms with Gasteiger partial charge in [-0.3, -0.25) is 9.36 Å². The normalized spacial score (nSPS) is 10.8. The number of imidazole rings is 1.